The molecule has 2 saturated heterocycles. The molecule has 2 aromatic carbocycles. The van der Waals surface area contributed by atoms with Crippen LogP contribution in [0.5, 0.6) is 11.5 Å². The topological polar surface area (TPSA) is 88.5 Å². The van der Waals surface area contributed by atoms with Gasteiger partial charge < -0.3 is 24.2 Å². The summed E-state index contributed by atoms with van der Waals surface area (Å²) in [5, 5.41) is 11.2. The van der Waals surface area contributed by atoms with Crippen molar-refractivity contribution in [1.29, 1.82) is 0 Å². The number of carbonyl (C=O) groups excluding carboxylic acids is 2. The molecule has 2 aliphatic heterocycles. The van der Waals surface area contributed by atoms with Crippen molar-refractivity contribution in [3.8, 4) is 11.5 Å². The number of unbranched alkanes of at least 4 members (excludes halogenated alkanes) is 2. The lowest BCUT2D eigenvalue weighted by Crippen LogP contribution is -2.39. The van der Waals surface area contributed by atoms with Crippen molar-refractivity contribution < 1.29 is 28.9 Å². The Hall–Kier alpha value is -3.36. The number of Topliss-reactive ketones (excluding diaryl/α,β-unsaturated/α-hetero) is 1. The molecule has 1 unspecified atom stereocenters. The minimum Gasteiger partial charge on any atom is -0.507 e. The van der Waals surface area contributed by atoms with E-state index in [1.54, 1.807) is 42.3 Å². The largest absolute Gasteiger partial charge is 0.507 e. The lowest BCUT2D eigenvalue weighted by atomic mass is 9.95. The first-order valence-electron chi connectivity index (χ1n) is 13.5. The van der Waals surface area contributed by atoms with Crippen LogP contribution < -0.4 is 9.47 Å². The number of ketones is 1. The van der Waals surface area contributed by atoms with Gasteiger partial charge in [-0.05, 0) is 30.5 Å². The maximum Gasteiger partial charge on any atom is 0.295 e. The maximum atomic E-state index is 13.3. The molecular formula is C30H38N2O6. The molecule has 1 N–H and O–H groups in total. The number of likely N-dealkylation sites (tertiary alicyclic amines) is 1. The van der Waals surface area contributed by atoms with Crippen molar-refractivity contribution >= 4 is 17.4 Å². The fourth-order valence-electron chi connectivity index (χ4n) is 5.01. The highest BCUT2D eigenvalue weighted by Gasteiger charge is 2.46. The van der Waals surface area contributed by atoms with Gasteiger partial charge in [0.1, 0.15) is 5.76 Å². The second-order valence-corrected chi connectivity index (χ2v) is 9.63. The molecule has 2 heterocycles. The number of morpholine rings is 1. The van der Waals surface area contributed by atoms with Gasteiger partial charge in [0.05, 0.1) is 38.5 Å². The first-order chi connectivity index (χ1) is 18.5. The molecule has 2 aromatic rings. The number of nitrogens with zero attached hydrogens (tertiary/aromatic N) is 2. The Bertz CT molecular complexity index is 1130. The van der Waals surface area contributed by atoms with Gasteiger partial charge in [0.15, 0.2) is 11.5 Å². The molecule has 204 valence electrons. The molecule has 0 aromatic heterocycles. The number of amides is 1. The Balaban J connectivity index is 1.65. The van der Waals surface area contributed by atoms with E-state index in [0.717, 1.165) is 38.9 Å². The van der Waals surface area contributed by atoms with Crippen molar-refractivity contribution in [2.75, 3.05) is 53.1 Å². The normalized spacial score (nSPS) is 19.6. The number of aliphatic hydroxyl groups is 1. The molecule has 0 saturated carbocycles. The highest BCUT2D eigenvalue weighted by molar-refractivity contribution is 6.46. The van der Waals surface area contributed by atoms with Crippen LogP contribution in [0.4, 0.5) is 0 Å². The van der Waals surface area contributed by atoms with E-state index >= 15 is 0 Å². The number of hydrogen-bond acceptors (Lipinski definition) is 7. The van der Waals surface area contributed by atoms with E-state index in [-0.39, 0.29) is 11.3 Å². The zero-order valence-corrected chi connectivity index (χ0v) is 22.4. The van der Waals surface area contributed by atoms with Gasteiger partial charge in [0.2, 0.25) is 0 Å². The van der Waals surface area contributed by atoms with Crippen molar-refractivity contribution in [3.05, 3.63) is 65.2 Å². The minimum atomic E-state index is -0.733. The van der Waals surface area contributed by atoms with Crippen LogP contribution >= 0.6 is 0 Å². The standard InChI is InChI=1S/C30H38N2O6/c1-3-4-8-18-38-24-13-12-23(21-25(24)36-2)27-26(28(33)22-10-6-5-7-11-22)29(34)30(35)32(27)15-9-14-31-16-19-37-20-17-31/h5-7,10-13,21,27,33H,3-4,8-9,14-20H2,1-2H3. The second-order valence-electron chi connectivity index (χ2n) is 9.63. The van der Waals surface area contributed by atoms with E-state index in [2.05, 4.69) is 11.8 Å². The van der Waals surface area contributed by atoms with Crippen molar-refractivity contribution in [2.24, 2.45) is 0 Å². The van der Waals surface area contributed by atoms with Gasteiger partial charge in [-0.2, -0.15) is 0 Å². The highest BCUT2D eigenvalue weighted by Crippen LogP contribution is 2.42. The molecule has 0 bridgehead atoms. The summed E-state index contributed by atoms with van der Waals surface area (Å²) < 4.78 is 17.0. The van der Waals surface area contributed by atoms with E-state index in [0.29, 0.717) is 55.4 Å². The lowest BCUT2D eigenvalue weighted by Gasteiger charge is -2.29. The van der Waals surface area contributed by atoms with Gasteiger partial charge in [-0.1, -0.05) is 56.2 Å². The molecular weight excluding hydrogens is 484 g/mol. The molecule has 2 fully saturated rings. The summed E-state index contributed by atoms with van der Waals surface area (Å²) in [7, 11) is 1.57. The van der Waals surface area contributed by atoms with Crippen LogP contribution in [-0.4, -0.2) is 79.7 Å². The minimum absolute atomic E-state index is 0.0891. The molecule has 0 spiro atoms. The molecule has 0 radical (unpaired) electrons. The Labute approximate surface area is 224 Å². The van der Waals surface area contributed by atoms with Crippen molar-refractivity contribution in [2.45, 2.75) is 38.6 Å². The molecule has 8 heteroatoms. The van der Waals surface area contributed by atoms with Crippen LogP contribution in [0.2, 0.25) is 0 Å². The summed E-state index contributed by atoms with van der Waals surface area (Å²) in [4.78, 5) is 30.5. The molecule has 8 nitrogen and oxygen atoms in total. The Morgan fingerprint density at radius 2 is 1.76 bits per heavy atom. The van der Waals surface area contributed by atoms with Gasteiger partial charge in [0.25, 0.3) is 11.7 Å². The van der Waals surface area contributed by atoms with E-state index < -0.39 is 17.7 Å². The number of ether oxygens (including phenoxy) is 3. The second kappa shape index (κ2) is 13.4. The molecule has 4 rings (SSSR count). The van der Waals surface area contributed by atoms with Gasteiger partial charge in [0, 0.05) is 31.7 Å². The number of methoxy groups -OCH3 is 1. The smallest absolute Gasteiger partial charge is 0.295 e. The van der Waals surface area contributed by atoms with Gasteiger partial charge in [-0.25, -0.2) is 0 Å². The van der Waals surface area contributed by atoms with Crippen molar-refractivity contribution in [1.82, 2.24) is 9.80 Å². The third-order valence-corrected chi connectivity index (χ3v) is 7.07. The van der Waals surface area contributed by atoms with Gasteiger partial charge >= 0.3 is 0 Å². The zero-order chi connectivity index (χ0) is 26.9. The fraction of sp³-hybridized carbons (Fsp3) is 0.467. The van der Waals surface area contributed by atoms with E-state index in [1.807, 2.05) is 18.2 Å². The SMILES string of the molecule is CCCCCOc1ccc(C2C(=C(O)c3ccccc3)C(=O)C(=O)N2CCCN2CCOCC2)cc1OC. The van der Waals surface area contributed by atoms with Crippen LogP contribution in [0, 0.1) is 0 Å². The lowest BCUT2D eigenvalue weighted by molar-refractivity contribution is -0.140. The molecule has 1 atom stereocenters. The Morgan fingerprint density at radius 1 is 1.00 bits per heavy atom. The van der Waals surface area contributed by atoms with Crippen LogP contribution in [0.3, 0.4) is 0 Å². The first kappa shape index (κ1) is 27.7. The average Bonchev–Trinajstić information content (AvgIpc) is 3.21. The number of hydrogen-bond donors (Lipinski definition) is 1. The van der Waals surface area contributed by atoms with Gasteiger partial charge in [-0.3, -0.25) is 14.5 Å². The predicted octanol–water partition coefficient (Wildman–Crippen LogP) is 4.41. The van der Waals surface area contributed by atoms with Crippen molar-refractivity contribution in [3.63, 3.8) is 0 Å². The average molecular weight is 523 g/mol. The van der Waals surface area contributed by atoms with Crippen LogP contribution in [0.1, 0.15) is 49.8 Å². The molecule has 0 aliphatic carbocycles. The third-order valence-electron chi connectivity index (χ3n) is 7.07. The molecule has 1 amide bonds. The van der Waals surface area contributed by atoms with E-state index in [9.17, 15) is 14.7 Å². The predicted molar refractivity (Wildman–Crippen MR) is 145 cm³/mol. The van der Waals surface area contributed by atoms with E-state index in [4.69, 9.17) is 14.2 Å². The summed E-state index contributed by atoms with van der Waals surface area (Å²) in [5.41, 5.74) is 1.27. The number of benzene rings is 2. The molecule has 2 aliphatic rings. The number of carbonyl (C=O) groups is 2. The summed E-state index contributed by atoms with van der Waals surface area (Å²) in [6, 6.07) is 13.6. The van der Waals surface area contributed by atoms with Crippen LogP contribution in [0.25, 0.3) is 5.76 Å². The number of rotatable bonds is 12. The molecule has 38 heavy (non-hydrogen) atoms. The fourth-order valence-corrected chi connectivity index (χ4v) is 5.01. The third kappa shape index (κ3) is 6.37. The summed E-state index contributed by atoms with van der Waals surface area (Å²) in [6.07, 6.45) is 3.83. The zero-order valence-electron chi connectivity index (χ0n) is 22.4. The summed E-state index contributed by atoms with van der Waals surface area (Å²) >= 11 is 0. The number of aliphatic hydroxyl groups excluding tert-OH is 1. The summed E-state index contributed by atoms with van der Waals surface area (Å²) in [5.74, 6) is -0.323. The van der Waals surface area contributed by atoms with E-state index in [1.165, 1.54) is 0 Å². The van der Waals surface area contributed by atoms with Crippen LogP contribution in [-0.2, 0) is 14.3 Å². The van der Waals surface area contributed by atoms with Gasteiger partial charge in [-0.15, -0.1) is 0 Å². The monoisotopic (exact) mass is 522 g/mol. The highest BCUT2D eigenvalue weighted by atomic mass is 16.5. The Kier molecular flexibility index (Phi) is 9.79. The maximum absolute atomic E-state index is 13.3. The first-order valence-corrected chi connectivity index (χ1v) is 13.5. The van der Waals surface area contributed by atoms with Crippen LogP contribution in [0.15, 0.2) is 54.1 Å². The Morgan fingerprint density at radius 3 is 2.47 bits per heavy atom. The quantitative estimate of drug-likeness (QED) is 0.191. The summed E-state index contributed by atoms with van der Waals surface area (Å²) in [6.45, 7) is 7.02.